The smallest absolute Gasteiger partial charge is 0.226 e. The summed E-state index contributed by atoms with van der Waals surface area (Å²) in [7, 11) is 1.89. The van der Waals surface area contributed by atoms with Gasteiger partial charge in [-0.05, 0) is 24.6 Å². The van der Waals surface area contributed by atoms with Crippen molar-refractivity contribution < 1.29 is 0 Å². The summed E-state index contributed by atoms with van der Waals surface area (Å²) in [5.41, 5.74) is 7.77. The summed E-state index contributed by atoms with van der Waals surface area (Å²) < 4.78 is 0. The van der Waals surface area contributed by atoms with Gasteiger partial charge in [-0.2, -0.15) is 0 Å². The molecule has 0 saturated carbocycles. The monoisotopic (exact) mass is 256 g/mol. The normalized spacial score (nSPS) is 10.2. The highest BCUT2D eigenvalue weighted by Crippen LogP contribution is 2.11. The molecule has 19 heavy (non-hydrogen) atoms. The molecule has 0 spiro atoms. The molecular weight excluding hydrogens is 240 g/mol. The number of hydrogen-bond donors (Lipinski definition) is 2. The average molecular weight is 256 g/mol. The number of rotatable bonds is 4. The summed E-state index contributed by atoms with van der Waals surface area (Å²) >= 11 is 0. The Morgan fingerprint density at radius 1 is 1.42 bits per heavy atom. The highest BCUT2D eigenvalue weighted by Gasteiger charge is 2.09. The Hall–Kier alpha value is -2.50. The lowest BCUT2D eigenvalue weighted by Crippen LogP contribution is -2.22. The minimum absolute atomic E-state index is 0.0541. The van der Waals surface area contributed by atoms with Crippen molar-refractivity contribution >= 4 is 11.8 Å². The number of aryl methyl sites for hydroxylation is 1. The Bertz CT molecular complexity index is 581. The first-order valence-corrected chi connectivity index (χ1v) is 5.86. The van der Waals surface area contributed by atoms with E-state index >= 15 is 0 Å². The van der Waals surface area contributed by atoms with Gasteiger partial charge in [-0.15, -0.1) is 0 Å². The molecule has 0 aromatic carbocycles. The van der Waals surface area contributed by atoms with E-state index in [2.05, 4.69) is 15.0 Å². The highest BCUT2D eigenvalue weighted by atomic mass is 15.2. The average Bonchev–Trinajstić information content (AvgIpc) is 2.39. The number of pyridine rings is 1. The van der Waals surface area contributed by atoms with Crippen molar-refractivity contribution in [3.8, 4) is 0 Å². The van der Waals surface area contributed by atoms with Crippen LogP contribution in [0.2, 0.25) is 0 Å². The van der Waals surface area contributed by atoms with E-state index in [1.165, 1.54) is 0 Å². The lowest BCUT2D eigenvalue weighted by atomic mass is 10.3. The topological polar surface area (TPSA) is 91.8 Å². The minimum atomic E-state index is -0.0541. The molecule has 3 N–H and O–H groups in total. The summed E-state index contributed by atoms with van der Waals surface area (Å²) in [6, 6.07) is 5.58. The van der Waals surface area contributed by atoms with Crippen molar-refractivity contribution in [2.75, 3.05) is 11.9 Å². The van der Waals surface area contributed by atoms with Gasteiger partial charge in [-0.3, -0.25) is 10.4 Å². The molecule has 6 nitrogen and oxygen atoms in total. The molecule has 0 saturated heterocycles. The van der Waals surface area contributed by atoms with E-state index in [0.717, 1.165) is 11.3 Å². The van der Waals surface area contributed by atoms with E-state index in [4.69, 9.17) is 11.1 Å². The Kier molecular flexibility index (Phi) is 3.70. The maximum Gasteiger partial charge on any atom is 0.226 e. The number of hydrogen-bond acceptors (Lipinski definition) is 5. The van der Waals surface area contributed by atoms with Crippen molar-refractivity contribution in [3.05, 3.63) is 47.5 Å². The predicted octanol–water partition coefficient (Wildman–Crippen LogP) is 1.10. The third-order valence-electron chi connectivity index (χ3n) is 2.60. The molecule has 0 atom stereocenters. The van der Waals surface area contributed by atoms with Gasteiger partial charge in [0.1, 0.15) is 11.5 Å². The molecule has 6 heteroatoms. The zero-order chi connectivity index (χ0) is 13.8. The molecule has 0 radical (unpaired) electrons. The third kappa shape index (κ3) is 3.25. The molecule has 2 heterocycles. The summed E-state index contributed by atoms with van der Waals surface area (Å²) in [5.74, 6) is 0.496. The quantitative estimate of drug-likeness (QED) is 0.631. The van der Waals surface area contributed by atoms with Crippen LogP contribution in [0.3, 0.4) is 0 Å². The van der Waals surface area contributed by atoms with E-state index in [-0.39, 0.29) is 5.84 Å². The second-order valence-corrected chi connectivity index (χ2v) is 4.33. The molecule has 0 amide bonds. The standard InChI is InChI=1S/C13H16N6/c1-9-6-11(12(14)15)18-13(17-9)19(2)8-10-4-3-5-16-7-10/h3-7H,8H2,1-2H3,(H3,14,15). The SMILES string of the molecule is Cc1cc(C(=N)N)nc(N(C)Cc2cccnc2)n1. The number of nitrogens with one attached hydrogen (secondary N) is 1. The number of nitrogens with zero attached hydrogens (tertiary/aromatic N) is 4. The van der Waals surface area contributed by atoms with Crippen LogP contribution in [0.15, 0.2) is 30.6 Å². The number of nitrogen functional groups attached to an aromatic ring is 1. The van der Waals surface area contributed by atoms with E-state index in [0.29, 0.717) is 18.2 Å². The third-order valence-corrected chi connectivity index (χ3v) is 2.60. The largest absolute Gasteiger partial charge is 0.382 e. The Morgan fingerprint density at radius 3 is 2.84 bits per heavy atom. The van der Waals surface area contributed by atoms with E-state index in [1.807, 2.05) is 31.0 Å². The second-order valence-electron chi connectivity index (χ2n) is 4.33. The number of amidine groups is 1. The summed E-state index contributed by atoms with van der Waals surface area (Å²) in [5, 5.41) is 7.45. The Balaban J connectivity index is 2.24. The highest BCUT2D eigenvalue weighted by molar-refractivity contribution is 5.93. The molecule has 0 aliphatic heterocycles. The minimum Gasteiger partial charge on any atom is -0.382 e. The summed E-state index contributed by atoms with van der Waals surface area (Å²) in [6.45, 7) is 2.50. The van der Waals surface area contributed by atoms with Crippen molar-refractivity contribution in [1.82, 2.24) is 15.0 Å². The van der Waals surface area contributed by atoms with Crippen LogP contribution in [0.25, 0.3) is 0 Å². The molecule has 0 fully saturated rings. The maximum absolute atomic E-state index is 7.45. The van der Waals surface area contributed by atoms with Crippen LogP contribution in [0, 0.1) is 12.3 Å². The molecule has 0 aliphatic rings. The first-order valence-electron chi connectivity index (χ1n) is 5.86. The van der Waals surface area contributed by atoms with Crippen LogP contribution in [-0.2, 0) is 6.54 Å². The number of anilines is 1. The summed E-state index contributed by atoms with van der Waals surface area (Å²) in [6.07, 6.45) is 3.54. The zero-order valence-corrected chi connectivity index (χ0v) is 11.0. The fraction of sp³-hybridized carbons (Fsp3) is 0.231. The van der Waals surface area contributed by atoms with Gasteiger partial charge in [0.15, 0.2) is 0 Å². The molecule has 0 bridgehead atoms. The van der Waals surface area contributed by atoms with Gasteiger partial charge in [0.2, 0.25) is 5.95 Å². The number of nitrogens with two attached hydrogens (primary N) is 1. The molecule has 0 unspecified atom stereocenters. The first kappa shape index (κ1) is 12.9. The molecule has 2 aromatic heterocycles. The molecule has 98 valence electrons. The van der Waals surface area contributed by atoms with Crippen LogP contribution in [0.4, 0.5) is 5.95 Å². The van der Waals surface area contributed by atoms with Gasteiger partial charge in [-0.25, -0.2) is 9.97 Å². The molecule has 2 rings (SSSR count). The van der Waals surface area contributed by atoms with E-state index in [1.54, 1.807) is 18.5 Å². The van der Waals surface area contributed by atoms with Gasteiger partial charge >= 0.3 is 0 Å². The van der Waals surface area contributed by atoms with Crippen LogP contribution in [-0.4, -0.2) is 27.8 Å². The van der Waals surface area contributed by atoms with Gasteiger partial charge in [0, 0.05) is 31.7 Å². The van der Waals surface area contributed by atoms with E-state index in [9.17, 15) is 0 Å². The fourth-order valence-corrected chi connectivity index (χ4v) is 1.70. The van der Waals surface area contributed by atoms with Crippen LogP contribution < -0.4 is 10.6 Å². The lowest BCUT2D eigenvalue weighted by Gasteiger charge is -2.17. The van der Waals surface area contributed by atoms with Crippen LogP contribution in [0.5, 0.6) is 0 Å². The van der Waals surface area contributed by atoms with Crippen molar-refractivity contribution in [3.63, 3.8) is 0 Å². The maximum atomic E-state index is 7.45. The zero-order valence-electron chi connectivity index (χ0n) is 11.0. The van der Waals surface area contributed by atoms with Gasteiger partial charge in [-0.1, -0.05) is 6.07 Å². The Morgan fingerprint density at radius 2 is 2.21 bits per heavy atom. The van der Waals surface area contributed by atoms with Crippen molar-refractivity contribution in [2.45, 2.75) is 13.5 Å². The first-order chi connectivity index (χ1) is 9.06. The molecular formula is C13H16N6. The predicted molar refractivity (Wildman–Crippen MR) is 74.1 cm³/mol. The fourth-order valence-electron chi connectivity index (χ4n) is 1.70. The van der Waals surface area contributed by atoms with Gasteiger partial charge < -0.3 is 10.6 Å². The number of aromatic nitrogens is 3. The summed E-state index contributed by atoms with van der Waals surface area (Å²) in [4.78, 5) is 14.6. The second kappa shape index (κ2) is 5.43. The molecule has 0 aliphatic carbocycles. The van der Waals surface area contributed by atoms with Crippen LogP contribution in [0.1, 0.15) is 17.0 Å². The van der Waals surface area contributed by atoms with Gasteiger partial charge in [0.25, 0.3) is 0 Å². The van der Waals surface area contributed by atoms with Crippen LogP contribution >= 0.6 is 0 Å². The lowest BCUT2D eigenvalue weighted by molar-refractivity contribution is 0.853. The molecule has 2 aromatic rings. The van der Waals surface area contributed by atoms with Crippen molar-refractivity contribution in [1.29, 1.82) is 5.41 Å². The van der Waals surface area contributed by atoms with Crippen molar-refractivity contribution in [2.24, 2.45) is 5.73 Å². The van der Waals surface area contributed by atoms with Gasteiger partial charge in [0.05, 0.1) is 0 Å². The van der Waals surface area contributed by atoms with E-state index < -0.39 is 0 Å². The Labute approximate surface area is 111 Å².